The number of carbonyl (C=O) groups excluding carboxylic acids is 2. The smallest absolute Gasteiger partial charge is 0.325 e. The predicted molar refractivity (Wildman–Crippen MR) is 142 cm³/mol. The molecule has 196 valence electrons. The number of nitrogens with one attached hydrogen (secondary N) is 1. The summed E-state index contributed by atoms with van der Waals surface area (Å²) in [5.74, 6) is -3.77. The van der Waals surface area contributed by atoms with Crippen molar-refractivity contribution in [3.05, 3.63) is 87.9 Å². The molecular weight excluding hydrogens is 531 g/mol. The number of rotatable bonds is 7. The summed E-state index contributed by atoms with van der Waals surface area (Å²) in [7, 11) is 2.99. The van der Waals surface area contributed by atoms with E-state index in [1.807, 2.05) is 6.07 Å². The summed E-state index contributed by atoms with van der Waals surface area (Å²) in [6, 6.07) is 17.7. The summed E-state index contributed by atoms with van der Waals surface area (Å²) >= 11 is 12.4. The van der Waals surface area contributed by atoms with E-state index in [0.717, 1.165) is 4.90 Å². The van der Waals surface area contributed by atoms with Crippen molar-refractivity contribution in [3.8, 4) is 11.5 Å². The summed E-state index contributed by atoms with van der Waals surface area (Å²) in [5.41, 5.74) is -0.327. The lowest BCUT2D eigenvalue weighted by Crippen LogP contribution is -2.57. The maximum atomic E-state index is 14.0. The molecule has 2 aliphatic heterocycles. The number of methoxy groups -OCH3 is 2. The molecule has 0 spiro atoms. The predicted octanol–water partition coefficient (Wildman–Crippen LogP) is 4.53. The van der Waals surface area contributed by atoms with Gasteiger partial charge in [0.15, 0.2) is 11.5 Å². The maximum Gasteiger partial charge on any atom is 0.325 e. The normalized spacial score (nSPS) is 24.4. The summed E-state index contributed by atoms with van der Waals surface area (Å²) in [4.78, 5) is 42.0. The molecule has 2 heterocycles. The topological polar surface area (TPSA) is 105 Å². The zero-order valence-electron chi connectivity index (χ0n) is 20.5. The molecule has 2 saturated heterocycles. The number of ether oxygens (including phenoxy) is 2. The van der Waals surface area contributed by atoms with Crippen molar-refractivity contribution in [2.24, 2.45) is 11.8 Å². The van der Waals surface area contributed by atoms with Crippen LogP contribution < -0.4 is 19.7 Å². The van der Waals surface area contributed by atoms with E-state index in [1.165, 1.54) is 32.4 Å². The molecule has 2 aliphatic rings. The second-order valence-electron chi connectivity index (χ2n) is 9.29. The number of anilines is 1. The van der Waals surface area contributed by atoms with Crippen LogP contribution in [-0.2, 0) is 20.8 Å². The minimum absolute atomic E-state index is 0.0185. The number of carboxylic acids is 1. The fraction of sp³-hybridized carbons (Fsp3) is 0.250. The molecule has 0 bridgehead atoms. The molecule has 5 rings (SSSR count). The second-order valence-corrected chi connectivity index (χ2v) is 10.1. The van der Waals surface area contributed by atoms with E-state index in [4.69, 9.17) is 32.7 Å². The minimum atomic E-state index is -1.77. The second kappa shape index (κ2) is 9.94. The first-order valence-electron chi connectivity index (χ1n) is 11.8. The highest BCUT2D eigenvalue weighted by atomic mass is 35.5. The number of fused-ring (bicyclic) bond motifs is 1. The molecule has 0 saturated carbocycles. The fourth-order valence-electron chi connectivity index (χ4n) is 5.59. The van der Waals surface area contributed by atoms with Gasteiger partial charge in [-0.3, -0.25) is 19.7 Å². The van der Waals surface area contributed by atoms with Crippen LogP contribution in [-0.4, -0.2) is 42.6 Å². The zero-order valence-corrected chi connectivity index (χ0v) is 22.0. The van der Waals surface area contributed by atoms with Gasteiger partial charge in [-0.2, -0.15) is 0 Å². The number of carboxylic acid groups (broad SMARTS) is 1. The van der Waals surface area contributed by atoms with Gasteiger partial charge in [0.05, 0.1) is 36.8 Å². The summed E-state index contributed by atoms with van der Waals surface area (Å²) in [6.07, 6.45) is -0.0185. The Bertz CT molecular complexity index is 1430. The number of hydrogen-bond donors (Lipinski definition) is 2. The lowest BCUT2D eigenvalue weighted by atomic mass is 9.76. The van der Waals surface area contributed by atoms with Crippen LogP contribution in [0.1, 0.15) is 17.2 Å². The van der Waals surface area contributed by atoms with Crippen LogP contribution in [0, 0.1) is 11.8 Å². The molecule has 3 aromatic rings. The van der Waals surface area contributed by atoms with Crippen LogP contribution in [0.4, 0.5) is 5.69 Å². The molecule has 0 aromatic heterocycles. The Labute approximate surface area is 229 Å². The largest absolute Gasteiger partial charge is 0.493 e. The maximum absolute atomic E-state index is 14.0. The molecule has 8 nitrogen and oxygen atoms in total. The molecule has 0 radical (unpaired) electrons. The highest BCUT2D eigenvalue weighted by Gasteiger charge is 2.68. The SMILES string of the molecule is COc1ccc([C@@H]2N[C@](Cc3ccccc3)(C(=O)O)[C@@H]3C(=O)N(c4ccc(Cl)cc4Cl)C(=O)[C@H]32)cc1OC. The van der Waals surface area contributed by atoms with E-state index >= 15 is 0 Å². The Balaban J connectivity index is 1.68. The van der Waals surface area contributed by atoms with Crippen LogP contribution in [0.3, 0.4) is 0 Å². The van der Waals surface area contributed by atoms with E-state index in [9.17, 15) is 19.5 Å². The van der Waals surface area contributed by atoms with Gasteiger partial charge >= 0.3 is 5.97 Å². The Hall–Kier alpha value is -3.59. The Morgan fingerprint density at radius 3 is 2.32 bits per heavy atom. The van der Waals surface area contributed by atoms with Gasteiger partial charge in [0.25, 0.3) is 0 Å². The van der Waals surface area contributed by atoms with Gasteiger partial charge in [-0.25, -0.2) is 4.90 Å². The first kappa shape index (κ1) is 26.0. The van der Waals surface area contributed by atoms with Crippen molar-refractivity contribution in [3.63, 3.8) is 0 Å². The van der Waals surface area contributed by atoms with Crippen molar-refractivity contribution < 1.29 is 29.0 Å². The van der Waals surface area contributed by atoms with Crippen LogP contribution >= 0.6 is 23.2 Å². The summed E-state index contributed by atoms with van der Waals surface area (Å²) < 4.78 is 10.8. The number of imide groups is 1. The first-order chi connectivity index (χ1) is 18.2. The minimum Gasteiger partial charge on any atom is -0.493 e. The van der Waals surface area contributed by atoms with E-state index < -0.39 is 41.2 Å². The van der Waals surface area contributed by atoms with Crippen molar-refractivity contribution in [2.75, 3.05) is 19.1 Å². The van der Waals surface area contributed by atoms with Crippen LogP contribution in [0.25, 0.3) is 0 Å². The van der Waals surface area contributed by atoms with Crippen molar-refractivity contribution in [2.45, 2.75) is 18.0 Å². The molecule has 0 aliphatic carbocycles. The molecule has 10 heteroatoms. The van der Waals surface area contributed by atoms with Crippen molar-refractivity contribution in [1.82, 2.24) is 5.32 Å². The number of benzene rings is 3. The third kappa shape index (κ3) is 4.09. The van der Waals surface area contributed by atoms with Crippen LogP contribution in [0.2, 0.25) is 10.0 Å². The van der Waals surface area contributed by atoms with Gasteiger partial charge < -0.3 is 14.6 Å². The van der Waals surface area contributed by atoms with Gasteiger partial charge in [-0.15, -0.1) is 0 Å². The standard InChI is InChI=1S/C28H24Cl2N2O6/c1-37-20-11-8-16(12-21(20)38-2)24-22-23(28(31-24,27(35)36)14-15-6-4-3-5-7-15)26(34)32(25(22)33)19-10-9-17(29)13-18(19)30/h3-13,22-24,31H,14H2,1-2H3,(H,35,36)/t22-,23+,24+,28+/m1/s1. The number of hydrogen-bond acceptors (Lipinski definition) is 6. The van der Waals surface area contributed by atoms with Gasteiger partial charge in [-0.05, 0) is 41.5 Å². The third-order valence-electron chi connectivity index (χ3n) is 7.28. The molecule has 2 amide bonds. The van der Waals surface area contributed by atoms with E-state index in [1.54, 1.807) is 42.5 Å². The number of amides is 2. The third-order valence-corrected chi connectivity index (χ3v) is 7.82. The number of aliphatic carboxylic acids is 1. The Morgan fingerprint density at radius 1 is 0.974 bits per heavy atom. The average Bonchev–Trinajstić information content (AvgIpc) is 3.38. The highest BCUT2D eigenvalue weighted by molar-refractivity contribution is 6.38. The monoisotopic (exact) mass is 554 g/mol. The van der Waals surface area contributed by atoms with Gasteiger partial charge in [0, 0.05) is 17.5 Å². The number of halogens is 2. The Kier molecular flexibility index (Phi) is 6.81. The summed E-state index contributed by atoms with van der Waals surface area (Å²) in [5, 5.41) is 14.3. The van der Waals surface area contributed by atoms with Gasteiger partial charge in [0.2, 0.25) is 11.8 Å². The molecule has 0 unspecified atom stereocenters. The number of carbonyl (C=O) groups is 3. The van der Waals surface area contributed by atoms with E-state index in [-0.39, 0.29) is 17.1 Å². The first-order valence-corrected chi connectivity index (χ1v) is 12.6. The highest BCUT2D eigenvalue weighted by Crippen LogP contribution is 2.52. The quantitative estimate of drug-likeness (QED) is 0.413. The molecule has 2 N–H and O–H groups in total. The fourth-order valence-corrected chi connectivity index (χ4v) is 6.08. The van der Waals surface area contributed by atoms with Crippen molar-refractivity contribution in [1.29, 1.82) is 0 Å². The van der Waals surface area contributed by atoms with Gasteiger partial charge in [0.1, 0.15) is 5.54 Å². The zero-order chi connectivity index (χ0) is 27.2. The van der Waals surface area contributed by atoms with Crippen molar-refractivity contribution >= 4 is 46.7 Å². The van der Waals surface area contributed by atoms with Crippen LogP contribution in [0.15, 0.2) is 66.7 Å². The lowest BCUT2D eigenvalue weighted by Gasteiger charge is -2.31. The summed E-state index contributed by atoms with van der Waals surface area (Å²) in [6.45, 7) is 0. The lowest BCUT2D eigenvalue weighted by molar-refractivity contribution is -0.148. The molecule has 3 aromatic carbocycles. The van der Waals surface area contributed by atoms with E-state index in [2.05, 4.69) is 5.32 Å². The van der Waals surface area contributed by atoms with Gasteiger partial charge in [-0.1, -0.05) is 59.6 Å². The van der Waals surface area contributed by atoms with Crippen LogP contribution in [0.5, 0.6) is 11.5 Å². The van der Waals surface area contributed by atoms with E-state index in [0.29, 0.717) is 27.6 Å². The molecule has 38 heavy (non-hydrogen) atoms. The molecule has 2 fully saturated rings. The Morgan fingerprint density at radius 2 is 1.68 bits per heavy atom. The molecule has 4 atom stereocenters. The number of nitrogens with zero attached hydrogens (tertiary/aromatic N) is 1. The average molecular weight is 555 g/mol. The molecular formula is C28H24Cl2N2O6.